The number of aryl methyl sites for hydroxylation is 2. The molecule has 0 radical (unpaired) electrons. The number of hydrogen-bond donors (Lipinski definition) is 0. The third-order valence-corrected chi connectivity index (χ3v) is 3.85. The van der Waals surface area contributed by atoms with Gasteiger partial charge >= 0.3 is 0 Å². The Morgan fingerprint density at radius 2 is 2.00 bits per heavy atom. The van der Waals surface area contributed by atoms with Crippen LogP contribution in [0.2, 0.25) is 0 Å². The molecule has 0 spiro atoms. The topological polar surface area (TPSA) is 30.0 Å². The zero-order chi connectivity index (χ0) is 13.1. The zero-order valence-electron chi connectivity index (χ0n) is 10.9. The van der Waals surface area contributed by atoms with Crippen molar-refractivity contribution in [3.63, 3.8) is 0 Å². The number of pyridine rings is 1. The van der Waals surface area contributed by atoms with Crippen molar-refractivity contribution in [1.29, 1.82) is 0 Å². The van der Waals surface area contributed by atoms with Crippen LogP contribution in [0.3, 0.4) is 0 Å². The van der Waals surface area contributed by atoms with Crippen molar-refractivity contribution < 1.29 is 4.79 Å². The number of carbonyl (C=O) groups excluding carboxylic acids is 1. The Balaban J connectivity index is 1.66. The second-order valence-corrected chi connectivity index (χ2v) is 5.09. The molecule has 0 aliphatic heterocycles. The van der Waals surface area contributed by atoms with E-state index in [-0.39, 0.29) is 5.92 Å². The van der Waals surface area contributed by atoms with Crippen LogP contribution >= 0.6 is 0 Å². The first kappa shape index (κ1) is 12.1. The summed E-state index contributed by atoms with van der Waals surface area (Å²) in [5, 5.41) is 0. The lowest BCUT2D eigenvalue weighted by molar-refractivity contribution is -0.120. The van der Waals surface area contributed by atoms with Crippen LogP contribution < -0.4 is 0 Å². The summed E-state index contributed by atoms with van der Waals surface area (Å²) in [5.74, 6) is 0.362. The van der Waals surface area contributed by atoms with Gasteiger partial charge in [-0.05, 0) is 36.5 Å². The standard InChI is InChI=1S/C17H17NO/c19-16(11-8-13-5-2-1-3-6-13)15-10-9-14-7-4-12-18-17(14)15/h1-7,12,15H,8-11H2. The number of nitrogens with zero attached hydrogens (tertiary/aromatic N) is 1. The number of Topliss-reactive ketones (excluding diaryl/α,β-unsaturated/α-hetero) is 1. The number of rotatable bonds is 4. The summed E-state index contributed by atoms with van der Waals surface area (Å²) >= 11 is 0. The van der Waals surface area contributed by atoms with E-state index >= 15 is 0 Å². The normalized spacial score (nSPS) is 17.2. The lowest BCUT2D eigenvalue weighted by atomic mass is 9.96. The monoisotopic (exact) mass is 251 g/mol. The predicted octanol–water partition coefficient (Wildman–Crippen LogP) is 3.31. The molecule has 3 rings (SSSR count). The second kappa shape index (κ2) is 5.35. The summed E-state index contributed by atoms with van der Waals surface area (Å²) in [4.78, 5) is 16.7. The highest BCUT2D eigenvalue weighted by atomic mass is 16.1. The van der Waals surface area contributed by atoms with Crippen molar-refractivity contribution >= 4 is 5.78 Å². The van der Waals surface area contributed by atoms with Gasteiger partial charge in [-0.2, -0.15) is 0 Å². The third kappa shape index (κ3) is 2.58. The summed E-state index contributed by atoms with van der Waals surface area (Å²) in [6, 6.07) is 14.2. The van der Waals surface area contributed by atoms with Crippen LogP contribution in [0.4, 0.5) is 0 Å². The van der Waals surface area contributed by atoms with Crippen LogP contribution in [-0.2, 0) is 17.6 Å². The van der Waals surface area contributed by atoms with Crippen molar-refractivity contribution in [2.24, 2.45) is 0 Å². The molecule has 19 heavy (non-hydrogen) atoms. The van der Waals surface area contributed by atoms with Gasteiger partial charge in [0.05, 0.1) is 11.6 Å². The summed E-state index contributed by atoms with van der Waals surface area (Å²) < 4.78 is 0. The Morgan fingerprint density at radius 1 is 1.16 bits per heavy atom. The minimum atomic E-state index is 0.0277. The molecular weight excluding hydrogens is 234 g/mol. The Bertz CT molecular complexity index is 577. The quantitative estimate of drug-likeness (QED) is 0.834. The Kier molecular flexibility index (Phi) is 3.41. The van der Waals surface area contributed by atoms with Crippen molar-refractivity contribution in [3.8, 4) is 0 Å². The fourth-order valence-electron chi connectivity index (χ4n) is 2.81. The van der Waals surface area contributed by atoms with Gasteiger partial charge in [0.15, 0.2) is 0 Å². The van der Waals surface area contributed by atoms with E-state index in [1.807, 2.05) is 24.3 Å². The molecule has 0 bridgehead atoms. The molecule has 1 aliphatic carbocycles. The molecule has 1 atom stereocenters. The van der Waals surface area contributed by atoms with Gasteiger partial charge in [0.1, 0.15) is 5.78 Å². The second-order valence-electron chi connectivity index (χ2n) is 5.09. The van der Waals surface area contributed by atoms with Gasteiger partial charge in [0, 0.05) is 12.6 Å². The minimum Gasteiger partial charge on any atom is -0.299 e. The summed E-state index contributed by atoms with van der Waals surface area (Å²) in [5.41, 5.74) is 3.50. The van der Waals surface area contributed by atoms with E-state index in [0.29, 0.717) is 12.2 Å². The van der Waals surface area contributed by atoms with Crippen LogP contribution in [0.5, 0.6) is 0 Å². The molecule has 0 N–H and O–H groups in total. The highest BCUT2D eigenvalue weighted by Crippen LogP contribution is 2.32. The molecule has 1 aromatic carbocycles. The molecule has 0 amide bonds. The SMILES string of the molecule is O=C(CCc1ccccc1)C1CCc2cccnc21. The van der Waals surface area contributed by atoms with Gasteiger partial charge in [0.25, 0.3) is 0 Å². The van der Waals surface area contributed by atoms with Crippen molar-refractivity contribution in [1.82, 2.24) is 4.98 Å². The Morgan fingerprint density at radius 3 is 2.84 bits per heavy atom. The largest absolute Gasteiger partial charge is 0.299 e. The summed E-state index contributed by atoms with van der Waals surface area (Å²) in [7, 11) is 0. The summed E-state index contributed by atoms with van der Waals surface area (Å²) in [6.07, 6.45) is 5.16. The van der Waals surface area contributed by atoms with Crippen molar-refractivity contribution in [2.75, 3.05) is 0 Å². The molecule has 1 aromatic heterocycles. The van der Waals surface area contributed by atoms with Crippen LogP contribution in [0.25, 0.3) is 0 Å². The molecule has 0 saturated carbocycles. The van der Waals surface area contributed by atoms with E-state index < -0.39 is 0 Å². The fourth-order valence-corrected chi connectivity index (χ4v) is 2.81. The maximum atomic E-state index is 12.3. The zero-order valence-corrected chi connectivity index (χ0v) is 10.9. The smallest absolute Gasteiger partial charge is 0.142 e. The highest BCUT2D eigenvalue weighted by Gasteiger charge is 2.28. The lowest BCUT2D eigenvalue weighted by Gasteiger charge is -2.09. The van der Waals surface area contributed by atoms with E-state index in [4.69, 9.17) is 0 Å². The number of fused-ring (bicyclic) bond motifs is 1. The van der Waals surface area contributed by atoms with Gasteiger partial charge in [-0.3, -0.25) is 9.78 Å². The van der Waals surface area contributed by atoms with Crippen LogP contribution in [0.1, 0.15) is 35.6 Å². The van der Waals surface area contributed by atoms with Crippen LogP contribution in [0.15, 0.2) is 48.7 Å². The molecule has 1 unspecified atom stereocenters. The number of carbonyl (C=O) groups is 1. The van der Waals surface area contributed by atoms with Gasteiger partial charge < -0.3 is 0 Å². The van der Waals surface area contributed by atoms with Crippen LogP contribution in [-0.4, -0.2) is 10.8 Å². The first-order valence-corrected chi connectivity index (χ1v) is 6.85. The molecular formula is C17H17NO. The maximum Gasteiger partial charge on any atom is 0.142 e. The van der Waals surface area contributed by atoms with E-state index in [0.717, 1.165) is 25.0 Å². The number of aromatic nitrogens is 1. The summed E-state index contributed by atoms with van der Waals surface area (Å²) in [6.45, 7) is 0. The van der Waals surface area contributed by atoms with Crippen molar-refractivity contribution in [3.05, 3.63) is 65.5 Å². The number of ketones is 1. The first-order valence-electron chi connectivity index (χ1n) is 6.85. The molecule has 0 saturated heterocycles. The predicted molar refractivity (Wildman–Crippen MR) is 75.1 cm³/mol. The molecule has 2 nitrogen and oxygen atoms in total. The molecule has 1 heterocycles. The Labute approximate surface area is 113 Å². The molecule has 2 heteroatoms. The van der Waals surface area contributed by atoms with E-state index in [1.165, 1.54) is 11.1 Å². The van der Waals surface area contributed by atoms with E-state index in [9.17, 15) is 4.79 Å². The van der Waals surface area contributed by atoms with Gasteiger partial charge in [0.2, 0.25) is 0 Å². The molecule has 2 aromatic rings. The Hall–Kier alpha value is -1.96. The first-order chi connectivity index (χ1) is 9.34. The molecule has 0 fully saturated rings. The van der Waals surface area contributed by atoms with Gasteiger partial charge in [-0.15, -0.1) is 0 Å². The fraction of sp³-hybridized carbons (Fsp3) is 0.294. The maximum absolute atomic E-state index is 12.3. The molecule has 1 aliphatic rings. The van der Waals surface area contributed by atoms with E-state index in [1.54, 1.807) is 6.20 Å². The highest BCUT2D eigenvalue weighted by molar-refractivity contribution is 5.86. The lowest BCUT2D eigenvalue weighted by Crippen LogP contribution is -2.11. The molecule has 96 valence electrons. The van der Waals surface area contributed by atoms with Crippen LogP contribution in [0, 0.1) is 0 Å². The van der Waals surface area contributed by atoms with Crippen molar-refractivity contribution in [2.45, 2.75) is 31.6 Å². The van der Waals surface area contributed by atoms with E-state index in [2.05, 4.69) is 23.2 Å². The third-order valence-electron chi connectivity index (χ3n) is 3.85. The van der Waals surface area contributed by atoms with Gasteiger partial charge in [-0.25, -0.2) is 0 Å². The number of benzene rings is 1. The average molecular weight is 251 g/mol. The minimum absolute atomic E-state index is 0.0277. The average Bonchev–Trinajstić information content (AvgIpc) is 2.90. The van der Waals surface area contributed by atoms with Gasteiger partial charge in [-0.1, -0.05) is 36.4 Å². The number of hydrogen-bond acceptors (Lipinski definition) is 2.